The van der Waals surface area contributed by atoms with E-state index in [0.717, 1.165) is 25.0 Å². The quantitative estimate of drug-likeness (QED) is 0.712. The van der Waals surface area contributed by atoms with Gasteiger partial charge in [-0.1, -0.05) is 18.0 Å². The summed E-state index contributed by atoms with van der Waals surface area (Å²) in [6.07, 6.45) is 5.41. The highest BCUT2D eigenvalue weighted by atomic mass is 35.5. The maximum Gasteiger partial charge on any atom is 0.141 e. The second kappa shape index (κ2) is 4.09. The number of carbonyl (C=O) groups is 1. The van der Waals surface area contributed by atoms with E-state index in [0.29, 0.717) is 17.2 Å². The fourth-order valence-electron chi connectivity index (χ4n) is 1.89. The molecule has 1 aromatic rings. The molecule has 1 aliphatic carbocycles. The van der Waals surface area contributed by atoms with Gasteiger partial charge < -0.3 is 0 Å². The van der Waals surface area contributed by atoms with Gasteiger partial charge in [-0.05, 0) is 25.0 Å². The third-order valence-corrected chi connectivity index (χ3v) is 2.89. The second-order valence-corrected chi connectivity index (χ2v) is 4.10. The van der Waals surface area contributed by atoms with Gasteiger partial charge in [-0.2, -0.15) is 0 Å². The molecule has 0 amide bonds. The predicted octanol–water partition coefficient (Wildman–Crippen LogP) is 2.96. The first-order valence-corrected chi connectivity index (χ1v) is 5.29. The molecule has 1 heterocycles. The van der Waals surface area contributed by atoms with Gasteiger partial charge >= 0.3 is 0 Å². The third-order valence-electron chi connectivity index (χ3n) is 2.66. The Balaban J connectivity index is 2.20. The number of rotatable bonds is 1. The van der Waals surface area contributed by atoms with Crippen LogP contribution in [-0.2, 0) is 4.79 Å². The lowest BCUT2D eigenvalue weighted by molar-refractivity contribution is -0.121. The molecule has 0 aromatic carbocycles. The largest absolute Gasteiger partial charge is 0.299 e. The van der Waals surface area contributed by atoms with Gasteiger partial charge in [0, 0.05) is 12.6 Å². The van der Waals surface area contributed by atoms with E-state index in [4.69, 9.17) is 11.6 Å². The summed E-state index contributed by atoms with van der Waals surface area (Å²) >= 11 is 5.74. The molecule has 1 atom stereocenters. The minimum Gasteiger partial charge on any atom is -0.299 e. The van der Waals surface area contributed by atoms with Crippen LogP contribution in [0.1, 0.15) is 37.3 Å². The van der Waals surface area contributed by atoms with E-state index in [9.17, 15) is 4.79 Å². The Morgan fingerprint density at radius 2 is 2.21 bits per heavy atom. The third kappa shape index (κ3) is 1.95. The Labute approximate surface area is 88.3 Å². The van der Waals surface area contributed by atoms with Crippen LogP contribution in [0.15, 0.2) is 18.3 Å². The van der Waals surface area contributed by atoms with Crippen LogP contribution in [0.25, 0.3) is 0 Å². The van der Waals surface area contributed by atoms with Crippen LogP contribution >= 0.6 is 11.6 Å². The summed E-state index contributed by atoms with van der Waals surface area (Å²) in [7, 11) is 0. The van der Waals surface area contributed by atoms with E-state index in [-0.39, 0.29) is 5.92 Å². The van der Waals surface area contributed by atoms with E-state index < -0.39 is 0 Å². The van der Waals surface area contributed by atoms with Crippen molar-refractivity contribution in [3.63, 3.8) is 0 Å². The molecule has 1 unspecified atom stereocenters. The van der Waals surface area contributed by atoms with E-state index in [1.54, 1.807) is 12.3 Å². The molecule has 3 heteroatoms. The van der Waals surface area contributed by atoms with Crippen molar-refractivity contribution in [1.82, 2.24) is 4.98 Å². The van der Waals surface area contributed by atoms with Crippen molar-refractivity contribution < 1.29 is 4.79 Å². The zero-order valence-electron chi connectivity index (χ0n) is 7.87. The number of halogens is 1. The van der Waals surface area contributed by atoms with E-state index in [1.807, 2.05) is 6.07 Å². The zero-order valence-corrected chi connectivity index (χ0v) is 8.63. The molecule has 1 saturated carbocycles. The van der Waals surface area contributed by atoms with Gasteiger partial charge in [-0.15, -0.1) is 0 Å². The molecule has 0 saturated heterocycles. The van der Waals surface area contributed by atoms with Gasteiger partial charge in [0.1, 0.15) is 5.78 Å². The molecule has 1 aliphatic rings. The van der Waals surface area contributed by atoms with Gasteiger partial charge in [0.2, 0.25) is 0 Å². The first kappa shape index (κ1) is 9.66. The van der Waals surface area contributed by atoms with Gasteiger partial charge in [0.25, 0.3) is 0 Å². The second-order valence-electron chi connectivity index (χ2n) is 3.67. The Kier molecular flexibility index (Phi) is 2.82. The number of pyridine rings is 1. The number of Topliss-reactive ketones (excluding diaryl/α,β-unsaturated/α-hetero) is 1. The average molecular weight is 210 g/mol. The molecule has 14 heavy (non-hydrogen) atoms. The Morgan fingerprint density at radius 3 is 2.86 bits per heavy atom. The Hall–Kier alpha value is -0.890. The summed E-state index contributed by atoms with van der Waals surface area (Å²) in [5.74, 6) is 0.340. The maximum absolute atomic E-state index is 11.6. The van der Waals surface area contributed by atoms with E-state index >= 15 is 0 Å². The molecule has 0 aliphatic heterocycles. The van der Waals surface area contributed by atoms with Crippen molar-refractivity contribution >= 4 is 17.4 Å². The molecular weight excluding hydrogens is 198 g/mol. The summed E-state index contributed by atoms with van der Waals surface area (Å²) < 4.78 is 0. The SMILES string of the molecule is O=C1CCCCC1c1ccc(Cl)cn1. The number of hydrogen-bond acceptors (Lipinski definition) is 2. The van der Waals surface area contributed by atoms with Crippen LogP contribution < -0.4 is 0 Å². The molecular formula is C11H12ClNO. The Morgan fingerprint density at radius 1 is 1.36 bits per heavy atom. The molecule has 0 spiro atoms. The van der Waals surface area contributed by atoms with Crippen molar-refractivity contribution in [3.8, 4) is 0 Å². The van der Waals surface area contributed by atoms with Crippen molar-refractivity contribution in [2.45, 2.75) is 31.6 Å². The zero-order chi connectivity index (χ0) is 9.97. The summed E-state index contributed by atoms with van der Waals surface area (Å²) in [6.45, 7) is 0. The topological polar surface area (TPSA) is 30.0 Å². The normalized spacial score (nSPS) is 22.4. The number of nitrogens with zero attached hydrogens (tertiary/aromatic N) is 1. The number of hydrogen-bond donors (Lipinski definition) is 0. The minimum atomic E-state index is 0.0148. The van der Waals surface area contributed by atoms with Crippen LogP contribution in [0, 0.1) is 0 Å². The minimum absolute atomic E-state index is 0.0148. The molecule has 0 radical (unpaired) electrons. The number of aromatic nitrogens is 1. The lowest BCUT2D eigenvalue weighted by Gasteiger charge is -2.19. The predicted molar refractivity (Wildman–Crippen MR) is 55.5 cm³/mol. The van der Waals surface area contributed by atoms with Gasteiger partial charge in [0.15, 0.2) is 0 Å². The van der Waals surface area contributed by atoms with Gasteiger partial charge in [-0.25, -0.2) is 0 Å². The molecule has 2 nitrogen and oxygen atoms in total. The molecule has 74 valence electrons. The van der Waals surface area contributed by atoms with Crippen LogP contribution in [0.4, 0.5) is 0 Å². The Bertz CT molecular complexity index is 334. The monoisotopic (exact) mass is 209 g/mol. The summed E-state index contributed by atoms with van der Waals surface area (Å²) in [5.41, 5.74) is 0.874. The average Bonchev–Trinajstić information content (AvgIpc) is 2.20. The molecule has 2 rings (SSSR count). The van der Waals surface area contributed by atoms with Gasteiger partial charge in [0.05, 0.1) is 16.6 Å². The molecule has 1 fully saturated rings. The lowest BCUT2D eigenvalue weighted by atomic mass is 9.85. The smallest absolute Gasteiger partial charge is 0.141 e. The highest BCUT2D eigenvalue weighted by Gasteiger charge is 2.24. The van der Waals surface area contributed by atoms with Crippen molar-refractivity contribution in [3.05, 3.63) is 29.0 Å². The van der Waals surface area contributed by atoms with E-state index in [2.05, 4.69) is 4.98 Å². The van der Waals surface area contributed by atoms with E-state index in [1.165, 1.54) is 0 Å². The fraction of sp³-hybridized carbons (Fsp3) is 0.455. The van der Waals surface area contributed by atoms with Crippen LogP contribution in [-0.4, -0.2) is 10.8 Å². The van der Waals surface area contributed by atoms with Crippen molar-refractivity contribution in [2.24, 2.45) is 0 Å². The summed E-state index contributed by atoms with van der Waals surface area (Å²) in [6, 6.07) is 3.65. The standard InChI is InChI=1S/C11H12ClNO/c12-8-5-6-10(13-7-8)9-3-1-2-4-11(9)14/h5-7,9H,1-4H2. The van der Waals surface area contributed by atoms with Crippen molar-refractivity contribution in [1.29, 1.82) is 0 Å². The molecule has 1 aromatic heterocycles. The number of ketones is 1. The highest BCUT2D eigenvalue weighted by Crippen LogP contribution is 2.28. The summed E-state index contributed by atoms with van der Waals surface area (Å²) in [4.78, 5) is 15.8. The van der Waals surface area contributed by atoms with Crippen LogP contribution in [0.2, 0.25) is 5.02 Å². The maximum atomic E-state index is 11.6. The first-order valence-electron chi connectivity index (χ1n) is 4.91. The van der Waals surface area contributed by atoms with Gasteiger partial charge in [-0.3, -0.25) is 9.78 Å². The van der Waals surface area contributed by atoms with Crippen molar-refractivity contribution in [2.75, 3.05) is 0 Å². The van der Waals surface area contributed by atoms with Crippen LogP contribution in [0.5, 0.6) is 0 Å². The summed E-state index contributed by atoms with van der Waals surface area (Å²) in [5, 5.41) is 0.622. The highest BCUT2D eigenvalue weighted by molar-refractivity contribution is 6.30. The molecule has 0 bridgehead atoms. The lowest BCUT2D eigenvalue weighted by Crippen LogP contribution is -2.17. The molecule has 0 N–H and O–H groups in total. The number of carbonyl (C=O) groups excluding carboxylic acids is 1. The fourth-order valence-corrected chi connectivity index (χ4v) is 2.00. The van der Waals surface area contributed by atoms with Crippen LogP contribution in [0.3, 0.4) is 0 Å². The first-order chi connectivity index (χ1) is 6.77.